The molecule has 0 aliphatic rings. The molecule has 1 N–H and O–H groups in total. The van der Waals surface area contributed by atoms with Gasteiger partial charge in [-0.25, -0.2) is 4.98 Å². The molecule has 0 radical (unpaired) electrons. The molecule has 78 valence electrons. The van der Waals surface area contributed by atoms with Crippen molar-refractivity contribution in [2.75, 3.05) is 0 Å². The van der Waals surface area contributed by atoms with Crippen LogP contribution < -0.4 is 0 Å². The summed E-state index contributed by atoms with van der Waals surface area (Å²) in [4.78, 5) is 4.17. The van der Waals surface area contributed by atoms with E-state index in [2.05, 4.69) is 20.5 Å². The Morgan fingerprint density at radius 1 is 1.19 bits per heavy atom. The number of benzene rings is 1. The van der Waals surface area contributed by atoms with Gasteiger partial charge in [0, 0.05) is 11.6 Å². The summed E-state index contributed by atoms with van der Waals surface area (Å²) in [5.74, 6) is 0.187. The fourth-order valence-electron chi connectivity index (χ4n) is 1.49. The molecule has 0 spiro atoms. The van der Waals surface area contributed by atoms with Gasteiger partial charge in [0.25, 0.3) is 0 Å². The summed E-state index contributed by atoms with van der Waals surface area (Å²) in [7, 11) is 0. The van der Waals surface area contributed by atoms with Crippen LogP contribution in [-0.2, 0) is 0 Å². The van der Waals surface area contributed by atoms with Gasteiger partial charge in [-0.3, -0.25) is 0 Å². The van der Waals surface area contributed by atoms with E-state index < -0.39 is 0 Å². The summed E-state index contributed by atoms with van der Waals surface area (Å²) < 4.78 is 1.46. The molecule has 0 saturated heterocycles. The number of rotatable bonds is 1. The van der Waals surface area contributed by atoms with Crippen molar-refractivity contribution in [3.8, 4) is 17.0 Å². The maximum Gasteiger partial charge on any atom is 0.183 e. The van der Waals surface area contributed by atoms with E-state index in [1.165, 1.54) is 10.8 Å². The van der Waals surface area contributed by atoms with Crippen molar-refractivity contribution in [3.05, 3.63) is 36.7 Å². The average Bonchev–Trinajstić information content (AvgIpc) is 2.76. The van der Waals surface area contributed by atoms with E-state index in [4.69, 9.17) is 0 Å². The second-order valence-corrected chi connectivity index (χ2v) is 3.27. The molecule has 0 saturated carbocycles. The van der Waals surface area contributed by atoms with Gasteiger partial charge in [0.2, 0.25) is 0 Å². The van der Waals surface area contributed by atoms with Gasteiger partial charge in [-0.1, -0.05) is 12.1 Å². The number of nitrogens with zero attached hydrogens (tertiary/aromatic N) is 5. The zero-order valence-electron chi connectivity index (χ0n) is 8.15. The maximum absolute atomic E-state index is 9.69. The standard InChI is InChI=1S/C10H7N5O/c16-9-4-2-1-3-7(9)8-5-10-12-13-14-15(10)6-11-8/h1-6,16H. The van der Waals surface area contributed by atoms with Gasteiger partial charge in [0.1, 0.15) is 12.1 Å². The minimum absolute atomic E-state index is 0.187. The van der Waals surface area contributed by atoms with Crippen LogP contribution in [0.3, 0.4) is 0 Å². The fourth-order valence-corrected chi connectivity index (χ4v) is 1.49. The lowest BCUT2D eigenvalue weighted by Crippen LogP contribution is -1.92. The number of para-hydroxylation sites is 1. The molecule has 3 aromatic rings. The van der Waals surface area contributed by atoms with E-state index in [1.54, 1.807) is 24.3 Å². The third-order valence-corrected chi connectivity index (χ3v) is 2.27. The maximum atomic E-state index is 9.69. The summed E-state index contributed by atoms with van der Waals surface area (Å²) in [6.45, 7) is 0. The minimum atomic E-state index is 0.187. The fraction of sp³-hybridized carbons (Fsp3) is 0. The van der Waals surface area contributed by atoms with Crippen molar-refractivity contribution in [2.24, 2.45) is 0 Å². The van der Waals surface area contributed by atoms with E-state index in [0.29, 0.717) is 16.9 Å². The number of hydrogen-bond donors (Lipinski definition) is 1. The Balaban J connectivity index is 2.22. The van der Waals surface area contributed by atoms with Crippen LogP contribution in [-0.4, -0.2) is 30.1 Å². The highest BCUT2D eigenvalue weighted by Crippen LogP contribution is 2.26. The molecule has 0 bridgehead atoms. The first-order chi connectivity index (χ1) is 7.84. The molecular weight excluding hydrogens is 206 g/mol. The Labute approximate surface area is 90.2 Å². The molecule has 6 nitrogen and oxygen atoms in total. The lowest BCUT2D eigenvalue weighted by molar-refractivity contribution is 0.477. The molecule has 1 aromatic carbocycles. The van der Waals surface area contributed by atoms with E-state index in [1.807, 2.05) is 6.07 Å². The first-order valence-corrected chi connectivity index (χ1v) is 4.67. The van der Waals surface area contributed by atoms with Crippen LogP contribution in [0.25, 0.3) is 16.9 Å². The van der Waals surface area contributed by atoms with Gasteiger partial charge in [-0.15, -0.1) is 5.10 Å². The number of phenols is 1. The summed E-state index contributed by atoms with van der Waals surface area (Å²) in [5.41, 5.74) is 1.89. The van der Waals surface area contributed by atoms with Crippen LogP contribution >= 0.6 is 0 Å². The molecule has 2 heterocycles. The summed E-state index contributed by atoms with van der Waals surface area (Å²) >= 11 is 0. The lowest BCUT2D eigenvalue weighted by atomic mass is 10.1. The predicted molar refractivity (Wildman–Crippen MR) is 55.7 cm³/mol. The topological polar surface area (TPSA) is 76.2 Å². The number of aromatic hydroxyl groups is 1. The molecule has 0 aliphatic heterocycles. The average molecular weight is 213 g/mol. The zero-order chi connectivity index (χ0) is 11.0. The third-order valence-electron chi connectivity index (χ3n) is 2.27. The van der Waals surface area contributed by atoms with Gasteiger partial charge < -0.3 is 5.11 Å². The van der Waals surface area contributed by atoms with Crippen molar-refractivity contribution in [1.29, 1.82) is 0 Å². The van der Waals surface area contributed by atoms with Gasteiger partial charge in [0.15, 0.2) is 5.65 Å². The van der Waals surface area contributed by atoms with Gasteiger partial charge in [0.05, 0.1) is 5.69 Å². The monoisotopic (exact) mass is 213 g/mol. The van der Waals surface area contributed by atoms with Gasteiger partial charge in [-0.2, -0.15) is 4.52 Å². The molecule has 0 amide bonds. The Hall–Kier alpha value is -2.50. The number of hydrogen-bond acceptors (Lipinski definition) is 5. The van der Waals surface area contributed by atoms with Crippen LogP contribution in [0.1, 0.15) is 0 Å². The quantitative estimate of drug-likeness (QED) is 0.649. The number of tetrazole rings is 1. The number of phenolic OH excluding ortho intramolecular Hbond substituents is 1. The second-order valence-electron chi connectivity index (χ2n) is 3.27. The summed E-state index contributed by atoms with van der Waals surface area (Å²) in [5, 5.41) is 20.7. The normalized spacial score (nSPS) is 10.8. The van der Waals surface area contributed by atoms with E-state index in [0.717, 1.165) is 0 Å². The van der Waals surface area contributed by atoms with Crippen molar-refractivity contribution in [3.63, 3.8) is 0 Å². The highest BCUT2D eigenvalue weighted by atomic mass is 16.3. The predicted octanol–water partition coefficient (Wildman–Crippen LogP) is 0.892. The van der Waals surface area contributed by atoms with Crippen molar-refractivity contribution >= 4 is 5.65 Å². The Bertz CT molecular complexity index is 648. The number of aromatic nitrogens is 5. The van der Waals surface area contributed by atoms with Gasteiger partial charge >= 0.3 is 0 Å². The van der Waals surface area contributed by atoms with Crippen LogP contribution in [0.2, 0.25) is 0 Å². The minimum Gasteiger partial charge on any atom is -0.507 e. The third kappa shape index (κ3) is 1.28. The van der Waals surface area contributed by atoms with Gasteiger partial charge in [-0.05, 0) is 22.6 Å². The highest BCUT2D eigenvalue weighted by Gasteiger charge is 2.06. The molecule has 6 heteroatoms. The van der Waals surface area contributed by atoms with Crippen molar-refractivity contribution in [2.45, 2.75) is 0 Å². The number of fused-ring (bicyclic) bond motifs is 1. The largest absolute Gasteiger partial charge is 0.507 e. The highest BCUT2D eigenvalue weighted by molar-refractivity contribution is 5.68. The van der Waals surface area contributed by atoms with Crippen molar-refractivity contribution < 1.29 is 5.11 Å². The Morgan fingerprint density at radius 2 is 2.06 bits per heavy atom. The second kappa shape index (κ2) is 3.27. The first-order valence-electron chi connectivity index (χ1n) is 4.67. The first kappa shape index (κ1) is 8.78. The Kier molecular flexibility index (Phi) is 1.79. The molecule has 0 aliphatic carbocycles. The van der Waals surface area contributed by atoms with E-state index in [-0.39, 0.29) is 5.75 Å². The molecule has 0 fully saturated rings. The van der Waals surface area contributed by atoms with Crippen LogP contribution in [0.5, 0.6) is 5.75 Å². The van der Waals surface area contributed by atoms with Crippen LogP contribution in [0.4, 0.5) is 0 Å². The molecular formula is C10H7N5O. The molecule has 2 aromatic heterocycles. The van der Waals surface area contributed by atoms with Crippen molar-refractivity contribution in [1.82, 2.24) is 25.0 Å². The summed E-state index contributed by atoms with van der Waals surface area (Å²) in [6.07, 6.45) is 1.51. The molecule has 3 rings (SSSR count). The van der Waals surface area contributed by atoms with E-state index in [9.17, 15) is 5.11 Å². The van der Waals surface area contributed by atoms with Crippen LogP contribution in [0, 0.1) is 0 Å². The molecule has 0 atom stereocenters. The summed E-state index contributed by atoms with van der Waals surface area (Å²) in [6, 6.07) is 8.72. The lowest BCUT2D eigenvalue weighted by Gasteiger charge is -2.02. The SMILES string of the molecule is Oc1ccccc1-c1cc2nnnn2cn1. The zero-order valence-corrected chi connectivity index (χ0v) is 8.15. The van der Waals surface area contributed by atoms with E-state index >= 15 is 0 Å². The smallest absolute Gasteiger partial charge is 0.183 e. The molecule has 16 heavy (non-hydrogen) atoms. The molecule has 0 unspecified atom stereocenters. The Morgan fingerprint density at radius 3 is 2.94 bits per heavy atom. The van der Waals surface area contributed by atoms with Crippen LogP contribution in [0.15, 0.2) is 36.7 Å².